The lowest BCUT2D eigenvalue weighted by Crippen LogP contribution is -2.40. The van der Waals surface area contributed by atoms with Gasteiger partial charge in [0.25, 0.3) is 0 Å². The molecule has 0 spiro atoms. The predicted molar refractivity (Wildman–Crippen MR) is 88.9 cm³/mol. The first kappa shape index (κ1) is 18.5. The van der Waals surface area contributed by atoms with Gasteiger partial charge in [-0.25, -0.2) is 12.8 Å². The fraction of sp³-hybridized carbons (Fsp3) is 0.412. The Hall–Kier alpha value is -2.26. The quantitative estimate of drug-likeness (QED) is 0.737. The van der Waals surface area contributed by atoms with Gasteiger partial charge in [-0.1, -0.05) is 17.3 Å². The van der Waals surface area contributed by atoms with E-state index in [0.717, 1.165) is 6.07 Å². The highest BCUT2D eigenvalue weighted by atomic mass is 32.2. The van der Waals surface area contributed by atoms with Crippen LogP contribution in [-0.4, -0.2) is 36.9 Å². The van der Waals surface area contributed by atoms with E-state index < -0.39 is 27.7 Å². The summed E-state index contributed by atoms with van der Waals surface area (Å²) < 4.78 is 50.2. The molecule has 0 amide bonds. The van der Waals surface area contributed by atoms with Crippen LogP contribution in [0.2, 0.25) is 0 Å². The number of hydrogen-bond donors (Lipinski definition) is 0. The van der Waals surface area contributed by atoms with Crippen molar-refractivity contribution in [3.05, 3.63) is 47.6 Å². The summed E-state index contributed by atoms with van der Waals surface area (Å²) in [6.07, 6.45) is 0.648. The minimum atomic E-state index is -3.91. The number of aromatic nitrogens is 1. The summed E-state index contributed by atoms with van der Waals surface area (Å²) in [7, 11) is -3.91. The van der Waals surface area contributed by atoms with Crippen molar-refractivity contribution >= 4 is 16.0 Å². The number of ether oxygens (including phenoxy) is 1. The minimum Gasteiger partial charge on any atom is -0.459 e. The van der Waals surface area contributed by atoms with Crippen LogP contribution >= 0.6 is 0 Å². The number of esters is 1. The van der Waals surface area contributed by atoms with Crippen molar-refractivity contribution in [2.75, 3.05) is 13.1 Å². The van der Waals surface area contributed by atoms with Crippen LogP contribution in [0.15, 0.2) is 39.8 Å². The molecule has 1 aliphatic heterocycles. The number of piperidine rings is 1. The largest absolute Gasteiger partial charge is 0.459 e. The number of sulfonamides is 1. The van der Waals surface area contributed by atoms with Crippen LogP contribution in [0, 0.1) is 18.7 Å². The zero-order chi connectivity index (χ0) is 18.7. The highest BCUT2D eigenvalue weighted by Crippen LogP contribution is 2.26. The maximum atomic E-state index is 13.8. The molecule has 9 heteroatoms. The lowest BCUT2D eigenvalue weighted by Gasteiger charge is -2.30. The lowest BCUT2D eigenvalue weighted by molar-refractivity contribution is -0.151. The number of rotatable bonds is 5. The van der Waals surface area contributed by atoms with E-state index in [1.54, 1.807) is 13.0 Å². The van der Waals surface area contributed by atoms with Crippen LogP contribution in [-0.2, 0) is 26.2 Å². The van der Waals surface area contributed by atoms with Crippen LogP contribution < -0.4 is 0 Å². The van der Waals surface area contributed by atoms with Gasteiger partial charge >= 0.3 is 5.97 Å². The number of benzene rings is 1. The zero-order valence-corrected chi connectivity index (χ0v) is 15.0. The first-order chi connectivity index (χ1) is 12.4. The van der Waals surface area contributed by atoms with Crippen molar-refractivity contribution in [2.45, 2.75) is 31.3 Å². The average molecular weight is 382 g/mol. The van der Waals surface area contributed by atoms with Crippen LogP contribution in [0.1, 0.15) is 24.3 Å². The van der Waals surface area contributed by atoms with Crippen LogP contribution in [0.25, 0.3) is 0 Å². The molecule has 2 aromatic rings. The second-order valence-corrected chi connectivity index (χ2v) is 8.05. The summed E-state index contributed by atoms with van der Waals surface area (Å²) in [5.41, 5.74) is 0.524. The zero-order valence-electron chi connectivity index (χ0n) is 14.2. The molecule has 0 aliphatic carbocycles. The Morgan fingerprint density at radius 3 is 2.65 bits per heavy atom. The number of carbonyl (C=O) groups is 1. The van der Waals surface area contributed by atoms with E-state index in [1.165, 1.54) is 22.5 Å². The Morgan fingerprint density at radius 1 is 1.35 bits per heavy atom. The fourth-order valence-electron chi connectivity index (χ4n) is 2.87. The second kappa shape index (κ2) is 7.55. The monoisotopic (exact) mass is 382 g/mol. The van der Waals surface area contributed by atoms with Crippen molar-refractivity contribution in [3.63, 3.8) is 0 Å². The SMILES string of the molecule is Cc1cc(COC(=O)C2CCN(S(=O)(=O)c3ccccc3F)CC2)no1. The highest BCUT2D eigenvalue weighted by Gasteiger charge is 2.34. The van der Waals surface area contributed by atoms with E-state index >= 15 is 0 Å². The molecule has 1 aromatic heterocycles. The van der Waals surface area contributed by atoms with E-state index in [1.807, 2.05) is 0 Å². The fourth-order valence-corrected chi connectivity index (χ4v) is 4.41. The summed E-state index contributed by atoms with van der Waals surface area (Å²) in [6, 6.07) is 6.95. The normalized spacial score (nSPS) is 16.5. The molecule has 1 saturated heterocycles. The van der Waals surface area contributed by atoms with Crippen molar-refractivity contribution < 1.29 is 26.9 Å². The molecular formula is C17H19FN2O5S. The van der Waals surface area contributed by atoms with Gasteiger partial charge in [0.05, 0.1) is 5.92 Å². The molecule has 0 bridgehead atoms. The van der Waals surface area contributed by atoms with Gasteiger partial charge in [0.15, 0.2) is 0 Å². The molecule has 1 aromatic carbocycles. The molecule has 7 nitrogen and oxygen atoms in total. The number of hydrogen-bond acceptors (Lipinski definition) is 6. The first-order valence-corrected chi connectivity index (χ1v) is 9.65. The Labute approximate surface area is 150 Å². The van der Waals surface area contributed by atoms with Crippen LogP contribution in [0.3, 0.4) is 0 Å². The predicted octanol–water partition coefficient (Wildman–Crippen LogP) is 2.27. The maximum Gasteiger partial charge on any atom is 0.309 e. The Balaban J connectivity index is 1.57. The third-order valence-corrected chi connectivity index (χ3v) is 6.21. The summed E-state index contributed by atoms with van der Waals surface area (Å²) in [5.74, 6) is -0.941. The number of carbonyl (C=O) groups excluding carboxylic acids is 1. The van der Waals surface area contributed by atoms with Gasteiger partial charge in [0.2, 0.25) is 10.0 Å². The van der Waals surface area contributed by atoms with Gasteiger partial charge in [-0.3, -0.25) is 4.79 Å². The lowest BCUT2D eigenvalue weighted by atomic mass is 9.98. The van der Waals surface area contributed by atoms with E-state index in [9.17, 15) is 17.6 Å². The summed E-state index contributed by atoms with van der Waals surface area (Å²) in [4.78, 5) is 11.8. The standard InChI is InChI=1S/C17H19FN2O5S/c1-12-10-14(19-25-12)11-24-17(21)13-6-8-20(9-7-13)26(22,23)16-5-3-2-4-15(16)18/h2-5,10,13H,6-9,11H2,1H3. The maximum absolute atomic E-state index is 13.8. The molecule has 0 radical (unpaired) electrons. The van der Waals surface area contributed by atoms with Gasteiger partial charge in [-0.2, -0.15) is 4.31 Å². The van der Waals surface area contributed by atoms with E-state index in [0.29, 0.717) is 24.3 Å². The van der Waals surface area contributed by atoms with Crippen molar-refractivity contribution in [1.29, 1.82) is 0 Å². The molecule has 3 rings (SSSR count). The van der Waals surface area contributed by atoms with Gasteiger partial charge in [-0.05, 0) is 31.9 Å². The molecule has 0 N–H and O–H groups in total. The molecule has 1 aliphatic rings. The van der Waals surface area contributed by atoms with Crippen molar-refractivity contribution in [3.8, 4) is 0 Å². The molecular weight excluding hydrogens is 363 g/mol. The van der Waals surface area contributed by atoms with E-state index in [-0.39, 0.29) is 24.6 Å². The molecule has 26 heavy (non-hydrogen) atoms. The third kappa shape index (κ3) is 3.94. The smallest absolute Gasteiger partial charge is 0.309 e. The topological polar surface area (TPSA) is 89.7 Å². The molecule has 0 saturated carbocycles. The van der Waals surface area contributed by atoms with E-state index in [2.05, 4.69) is 5.16 Å². The van der Waals surface area contributed by atoms with Crippen LogP contribution in [0.4, 0.5) is 4.39 Å². The molecule has 140 valence electrons. The summed E-state index contributed by atoms with van der Waals surface area (Å²) >= 11 is 0. The van der Waals surface area contributed by atoms with Gasteiger partial charge < -0.3 is 9.26 Å². The minimum absolute atomic E-state index is 0.0178. The van der Waals surface area contributed by atoms with Crippen LogP contribution in [0.5, 0.6) is 0 Å². The Bertz CT molecular complexity index is 888. The number of halogens is 1. The van der Waals surface area contributed by atoms with Gasteiger partial charge in [0.1, 0.15) is 28.8 Å². The Kier molecular flexibility index (Phi) is 5.38. The second-order valence-electron chi connectivity index (χ2n) is 6.15. The average Bonchev–Trinajstić information content (AvgIpc) is 3.05. The highest BCUT2D eigenvalue weighted by molar-refractivity contribution is 7.89. The van der Waals surface area contributed by atoms with Crippen molar-refractivity contribution in [1.82, 2.24) is 9.46 Å². The first-order valence-electron chi connectivity index (χ1n) is 8.21. The van der Waals surface area contributed by atoms with Gasteiger partial charge in [-0.15, -0.1) is 0 Å². The van der Waals surface area contributed by atoms with Gasteiger partial charge in [0, 0.05) is 19.2 Å². The summed E-state index contributed by atoms with van der Waals surface area (Å²) in [6.45, 7) is 2.03. The molecule has 0 unspecified atom stereocenters. The third-order valence-electron chi connectivity index (χ3n) is 4.28. The molecule has 1 fully saturated rings. The number of nitrogens with zero attached hydrogens (tertiary/aromatic N) is 2. The Morgan fingerprint density at radius 2 is 2.04 bits per heavy atom. The summed E-state index contributed by atoms with van der Waals surface area (Å²) in [5, 5.41) is 3.74. The number of aryl methyl sites for hydroxylation is 1. The molecule has 0 atom stereocenters. The van der Waals surface area contributed by atoms with E-state index in [4.69, 9.17) is 9.26 Å². The van der Waals surface area contributed by atoms with Crippen molar-refractivity contribution in [2.24, 2.45) is 5.92 Å². The molecule has 2 heterocycles.